The first-order chi connectivity index (χ1) is 31.8. The van der Waals surface area contributed by atoms with Crippen LogP contribution in [0.3, 0.4) is 0 Å². The van der Waals surface area contributed by atoms with Crippen molar-refractivity contribution in [2.24, 2.45) is 0 Å². The van der Waals surface area contributed by atoms with Crippen LogP contribution >= 0.6 is 0 Å². The van der Waals surface area contributed by atoms with Gasteiger partial charge in [-0.05, 0) is 87.5 Å². The van der Waals surface area contributed by atoms with Crippen LogP contribution in [0, 0.1) is 0 Å². The van der Waals surface area contributed by atoms with Crippen molar-refractivity contribution >= 4 is 94.2 Å². The molecule has 3 nitrogen and oxygen atoms in total. The second-order valence-electron chi connectivity index (χ2n) is 16.8. The second kappa shape index (κ2) is 14.5. The van der Waals surface area contributed by atoms with Crippen LogP contribution in [-0.2, 0) is 0 Å². The van der Waals surface area contributed by atoms with Crippen molar-refractivity contribution in [3.63, 3.8) is 0 Å². The molecule has 0 radical (unpaired) electrons. The number of aromatic nitrogens is 3. The van der Waals surface area contributed by atoms with Gasteiger partial charge in [-0.25, -0.2) is 0 Å². The molecule has 300 valence electrons. The number of benzene rings is 10. The Labute approximate surface area is 372 Å². The Morgan fingerprint density at radius 3 is 1.28 bits per heavy atom. The van der Waals surface area contributed by atoms with E-state index in [9.17, 15) is 0 Å². The average Bonchev–Trinajstić information content (AvgIpc) is 4.01. The number of nitrogens with zero attached hydrogens (tertiary/aromatic N) is 3. The van der Waals surface area contributed by atoms with Crippen LogP contribution in [0.25, 0.3) is 82.5 Å². The number of rotatable bonds is 7. The molecule has 0 aliphatic carbocycles. The van der Waals surface area contributed by atoms with Gasteiger partial charge in [0.2, 0.25) is 0 Å². The Bertz CT molecular complexity index is 3840. The fourth-order valence-electron chi connectivity index (χ4n) is 10.9. The van der Waals surface area contributed by atoms with Crippen LogP contribution in [0.5, 0.6) is 0 Å². The van der Waals surface area contributed by atoms with E-state index in [1.54, 1.807) is 0 Å². The molecule has 0 N–H and O–H groups in total. The molecule has 0 aliphatic heterocycles. The minimum absolute atomic E-state index is 1.15. The van der Waals surface area contributed by atoms with Crippen LogP contribution in [0.1, 0.15) is 0 Å². The molecule has 0 unspecified atom stereocenters. The van der Waals surface area contributed by atoms with Crippen LogP contribution in [0.15, 0.2) is 249 Å². The van der Waals surface area contributed by atoms with Crippen LogP contribution in [0.2, 0.25) is 0 Å². The summed E-state index contributed by atoms with van der Waals surface area (Å²) in [5, 5.41) is 12.9. The summed E-state index contributed by atoms with van der Waals surface area (Å²) in [6, 6.07) is 92.4. The Kier molecular flexibility index (Phi) is 8.23. The van der Waals surface area contributed by atoms with E-state index < -0.39 is 8.07 Å². The van der Waals surface area contributed by atoms with Crippen molar-refractivity contribution in [3.8, 4) is 17.1 Å². The Morgan fingerprint density at radius 2 is 0.656 bits per heavy atom. The smallest absolute Gasteiger partial charge is 0.179 e. The monoisotopic (exact) mass is 831 g/mol. The van der Waals surface area contributed by atoms with Gasteiger partial charge in [-0.15, -0.1) is 0 Å². The summed E-state index contributed by atoms with van der Waals surface area (Å²) >= 11 is 0. The van der Waals surface area contributed by atoms with Crippen molar-refractivity contribution in [1.82, 2.24) is 13.7 Å². The van der Waals surface area contributed by atoms with E-state index in [0.29, 0.717) is 0 Å². The lowest BCUT2D eigenvalue weighted by Crippen LogP contribution is -2.74. The summed E-state index contributed by atoms with van der Waals surface area (Å²) < 4.78 is 7.39. The first-order valence-corrected chi connectivity index (χ1v) is 24.1. The lowest BCUT2D eigenvalue weighted by atomic mass is 10.1. The van der Waals surface area contributed by atoms with Gasteiger partial charge in [0, 0.05) is 49.4 Å². The third-order valence-electron chi connectivity index (χ3n) is 13.6. The second-order valence-corrected chi connectivity index (χ2v) is 20.7. The molecule has 3 aromatic heterocycles. The maximum absolute atomic E-state index is 3.02. The molecule has 64 heavy (non-hydrogen) atoms. The normalized spacial score (nSPS) is 12.1. The first-order valence-electron chi connectivity index (χ1n) is 22.1. The fraction of sp³-hybridized carbons (Fsp3) is 0. The van der Waals surface area contributed by atoms with E-state index in [2.05, 4.69) is 262 Å². The van der Waals surface area contributed by atoms with Gasteiger partial charge in [-0.2, -0.15) is 0 Å². The molecule has 0 atom stereocenters. The number of hydrogen-bond donors (Lipinski definition) is 0. The molecular weight excluding hydrogens is 791 g/mol. The van der Waals surface area contributed by atoms with Gasteiger partial charge in [0.15, 0.2) is 8.07 Å². The predicted molar refractivity (Wildman–Crippen MR) is 273 cm³/mol. The van der Waals surface area contributed by atoms with Crippen molar-refractivity contribution in [2.45, 2.75) is 0 Å². The summed E-state index contributed by atoms with van der Waals surface area (Å²) in [4.78, 5) is 0. The Morgan fingerprint density at radius 1 is 0.234 bits per heavy atom. The molecule has 0 fully saturated rings. The van der Waals surface area contributed by atoms with Crippen molar-refractivity contribution < 1.29 is 0 Å². The van der Waals surface area contributed by atoms with Gasteiger partial charge in [0.1, 0.15) is 0 Å². The zero-order chi connectivity index (χ0) is 42.2. The van der Waals surface area contributed by atoms with Crippen molar-refractivity contribution in [2.75, 3.05) is 0 Å². The van der Waals surface area contributed by atoms with Gasteiger partial charge < -0.3 is 13.7 Å². The maximum atomic E-state index is 2.55. The molecule has 0 saturated heterocycles. The van der Waals surface area contributed by atoms with Crippen LogP contribution < -0.4 is 20.7 Å². The van der Waals surface area contributed by atoms with Gasteiger partial charge in [-0.1, -0.05) is 182 Å². The molecule has 0 bridgehead atoms. The molecule has 3 heterocycles. The first kappa shape index (κ1) is 36.5. The number of para-hydroxylation sites is 5. The maximum Gasteiger partial charge on any atom is 0.179 e. The van der Waals surface area contributed by atoms with E-state index in [1.165, 1.54) is 86.2 Å². The number of hydrogen-bond acceptors (Lipinski definition) is 0. The third kappa shape index (κ3) is 5.27. The summed E-state index contributed by atoms with van der Waals surface area (Å²) in [7, 11) is -3.02. The minimum atomic E-state index is -3.02. The van der Waals surface area contributed by atoms with Crippen LogP contribution in [-0.4, -0.2) is 21.8 Å². The Hall–Kier alpha value is -8.18. The molecule has 0 spiro atoms. The summed E-state index contributed by atoms with van der Waals surface area (Å²) in [5.41, 5.74) is 10.7. The molecule has 0 saturated carbocycles. The van der Waals surface area contributed by atoms with Gasteiger partial charge in [-0.3, -0.25) is 0 Å². The number of fused-ring (bicyclic) bond motifs is 10. The van der Waals surface area contributed by atoms with E-state index in [4.69, 9.17) is 0 Å². The summed E-state index contributed by atoms with van der Waals surface area (Å²) in [6.45, 7) is 0. The largest absolute Gasteiger partial charge is 0.309 e. The lowest BCUT2D eigenvalue weighted by Gasteiger charge is -2.35. The zero-order valence-corrected chi connectivity index (χ0v) is 36.0. The third-order valence-corrected chi connectivity index (χ3v) is 18.3. The lowest BCUT2D eigenvalue weighted by molar-refractivity contribution is 1.17. The average molecular weight is 832 g/mol. The van der Waals surface area contributed by atoms with E-state index in [-0.39, 0.29) is 0 Å². The van der Waals surface area contributed by atoms with Crippen LogP contribution in [0.4, 0.5) is 0 Å². The highest BCUT2D eigenvalue weighted by Gasteiger charge is 2.42. The standard InChI is InChI=1S/C60H41N3Si/c1-5-20-42(21-6-1)61-54-33-16-14-31-50(54)53-41-48(36-38-57(53)61)64(45-25-9-3-10-26-45,46-27-11-4-12-28-46)47-29-19-24-44(40-47)63-55-34-17-13-30-49(55)51-37-39-58-59(60(51)63)52-32-15-18-35-56(52)62(58)43-22-7-2-8-23-43/h1-41H. The highest BCUT2D eigenvalue weighted by Crippen LogP contribution is 2.42. The van der Waals surface area contributed by atoms with Gasteiger partial charge in [0.05, 0.1) is 33.1 Å². The zero-order valence-electron chi connectivity index (χ0n) is 35.0. The Balaban J connectivity index is 1.13. The predicted octanol–water partition coefficient (Wildman–Crippen LogP) is 12.4. The molecule has 0 amide bonds. The molecular formula is C60H41N3Si. The quantitative estimate of drug-likeness (QED) is 0.112. The van der Waals surface area contributed by atoms with Gasteiger partial charge >= 0.3 is 0 Å². The highest BCUT2D eigenvalue weighted by molar-refractivity contribution is 7.20. The summed E-state index contributed by atoms with van der Waals surface area (Å²) in [6.07, 6.45) is 0. The summed E-state index contributed by atoms with van der Waals surface area (Å²) in [5.74, 6) is 0. The van der Waals surface area contributed by atoms with Gasteiger partial charge in [0.25, 0.3) is 0 Å². The molecule has 4 heteroatoms. The minimum Gasteiger partial charge on any atom is -0.309 e. The molecule has 10 aromatic carbocycles. The van der Waals surface area contributed by atoms with E-state index >= 15 is 0 Å². The van der Waals surface area contributed by atoms with Crippen molar-refractivity contribution in [3.05, 3.63) is 249 Å². The van der Waals surface area contributed by atoms with Crippen molar-refractivity contribution in [1.29, 1.82) is 0 Å². The molecule has 13 rings (SSSR count). The SMILES string of the molecule is c1ccc(-n2c3ccccc3c3cc([Si](c4ccccc4)(c4ccccc4)c4cccc(-n5c6ccccc6c6ccc7c(c8ccccc8n7-c7ccccc7)c65)c4)ccc32)cc1. The molecule has 0 aliphatic rings. The van der Waals surface area contributed by atoms with E-state index in [1.807, 2.05) is 0 Å². The molecule has 13 aromatic rings. The fourth-order valence-corrected chi connectivity index (χ4v) is 15.7. The topological polar surface area (TPSA) is 14.8 Å². The highest BCUT2D eigenvalue weighted by atomic mass is 28.3. The van der Waals surface area contributed by atoms with E-state index in [0.717, 1.165) is 17.1 Å².